The summed E-state index contributed by atoms with van der Waals surface area (Å²) in [5.74, 6) is -2.37. The highest BCUT2D eigenvalue weighted by atomic mass is 31.2. The molecule has 0 fully saturated rings. The van der Waals surface area contributed by atoms with Crippen molar-refractivity contribution in [3.63, 3.8) is 0 Å². The second-order valence-electron chi connectivity index (χ2n) is 13.1. The van der Waals surface area contributed by atoms with Gasteiger partial charge in [-0.25, -0.2) is 9.36 Å². The summed E-state index contributed by atoms with van der Waals surface area (Å²) in [6.07, 6.45) is 27.4. The maximum atomic E-state index is 12.3. The van der Waals surface area contributed by atoms with Crippen LogP contribution in [0.25, 0.3) is 0 Å². The van der Waals surface area contributed by atoms with Crippen molar-refractivity contribution >= 4 is 25.7 Å². The predicted octanol–water partition coefficient (Wildman–Crippen LogP) is 8.78. The largest absolute Gasteiger partial charge is 0.480 e. The number of ether oxygens (including phenoxy) is 1. The lowest BCUT2D eigenvalue weighted by Gasteiger charge is -2.18. The number of phosphoric acid groups is 1. The molecule has 11 nitrogen and oxygen atoms in total. The molecule has 284 valence electrons. The van der Waals surface area contributed by atoms with Gasteiger partial charge in [0.1, 0.15) is 12.7 Å². The molecule has 0 aliphatic carbocycles. The van der Waals surface area contributed by atoms with Crippen molar-refractivity contribution in [1.29, 1.82) is 0 Å². The van der Waals surface area contributed by atoms with Crippen molar-refractivity contribution in [2.45, 2.75) is 193 Å². The SMILES string of the molecule is CCCCCCCCCCCCCCCCCCCCC(=O)NC(COP(=O)(O)OCC(O)COC(=O)CCCCCCCC)C(=O)O. The maximum absolute atomic E-state index is 12.3. The third kappa shape index (κ3) is 31.7. The number of aliphatic hydroxyl groups is 1. The second kappa shape index (κ2) is 32.7. The topological polar surface area (TPSA) is 169 Å². The Kier molecular flexibility index (Phi) is 31.6. The van der Waals surface area contributed by atoms with E-state index >= 15 is 0 Å². The van der Waals surface area contributed by atoms with Gasteiger partial charge in [-0.3, -0.25) is 18.6 Å². The number of carbonyl (C=O) groups is 3. The van der Waals surface area contributed by atoms with Crippen LogP contribution in [0.2, 0.25) is 0 Å². The van der Waals surface area contributed by atoms with E-state index in [0.29, 0.717) is 12.8 Å². The van der Waals surface area contributed by atoms with Crippen molar-refractivity contribution < 1.29 is 47.8 Å². The monoisotopic (exact) mass is 707 g/mol. The standard InChI is InChI=1S/C36H70NO10P/c1-3-5-7-9-11-12-13-14-15-16-17-18-19-20-21-22-23-25-27-34(39)37-33(36(41)42)31-47-48(43,44)46-30-32(38)29-45-35(40)28-26-24-10-8-6-4-2/h32-33,38H,3-31H2,1-2H3,(H,37,39)(H,41,42)(H,43,44). The molecule has 0 aliphatic rings. The van der Waals surface area contributed by atoms with Crippen molar-refractivity contribution in [3.05, 3.63) is 0 Å². The molecule has 0 spiro atoms. The molecule has 0 bridgehead atoms. The average molecular weight is 708 g/mol. The number of aliphatic carboxylic acids is 1. The highest BCUT2D eigenvalue weighted by Gasteiger charge is 2.28. The Labute approximate surface area is 291 Å². The van der Waals surface area contributed by atoms with Crippen molar-refractivity contribution in [2.75, 3.05) is 19.8 Å². The number of phosphoric ester groups is 1. The number of aliphatic hydroxyl groups excluding tert-OH is 1. The first kappa shape index (κ1) is 46.5. The zero-order chi connectivity index (χ0) is 35.7. The summed E-state index contributed by atoms with van der Waals surface area (Å²) in [4.78, 5) is 45.5. The molecule has 48 heavy (non-hydrogen) atoms. The van der Waals surface area contributed by atoms with Crippen LogP contribution in [0.15, 0.2) is 0 Å². The van der Waals surface area contributed by atoms with Gasteiger partial charge in [-0.05, 0) is 12.8 Å². The molecule has 3 atom stereocenters. The van der Waals surface area contributed by atoms with Gasteiger partial charge in [0.05, 0.1) is 13.2 Å². The second-order valence-corrected chi connectivity index (χ2v) is 14.6. The molecule has 0 aromatic heterocycles. The smallest absolute Gasteiger partial charge is 0.472 e. The summed E-state index contributed by atoms with van der Waals surface area (Å²) >= 11 is 0. The van der Waals surface area contributed by atoms with Crippen LogP contribution >= 0.6 is 7.82 Å². The van der Waals surface area contributed by atoms with E-state index in [1.807, 2.05) is 0 Å². The number of carboxylic acids is 1. The van der Waals surface area contributed by atoms with E-state index in [1.165, 1.54) is 96.3 Å². The van der Waals surface area contributed by atoms with Gasteiger partial charge in [-0.15, -0.1) is 0 Å². The average Bonchev–Trinajstić information content (AvgIpc) is 3.05. The molecular formula is C36H70NO10P. The molecule has 1 amide bonds. The van der Waals surface area contributed by atoms with Crippen LogP contribution in [0.3, 0.4) is 0 Å². The molecule has 3 unspecified atom stereocenters. The zero-order valence-electron chi connectivity index (χ0n) is 30.3. The fraction of sp³-hybridized carbons (Fsp3) is 0.917. The molecule has 0 heterocycles. The molecular weight excluding hydrogens is 637 g/mol. The Balaban J connectivity index is 3.89. The first-order valence-corrected chi connectivity index (χ1v) is 20.6. The maximum Gasteiger partial charge on any atom is 0.472 e. The Hall–Kier alpha value is -1.52. The number of carbonyl (C=O) groups excluding carboxylic acids is 2. The molecule has 0 rings (SSSR count). The number of carboxylic acid groups (broad SMARTS) is 1. The fourth-order valence-electron chi connectivity index (χ4n) is 5.37. The van der Waals surface area contributed by atoms with E-state index < -0.39 is 57.6 Å². The van der Waals surface area contributed by atoms with Crippen LogP contribution < -0.4 is 5.32 Å². The summed E-state index contributed by atoms with van der Waals surface area (Å²) in [7, 11) is -4.73. The van der Waals surface area contributed by atoms with Crippen LogP contribution in [0.4, 0.5) is 0 Å². The molecule has 0 aromatic rings. The molecule has 0 saturated carbocycles. The number of esters is 1. The summed E-state index contributed by atoms with van der Waals surface area (Å²) in [6, 6.07) is -1.54. The molecule has 0 saturated heterocycles. The number of nitrogens with one attached hydrogen (secondary N) is 1. The van der Waals surface area contributed by atoms with Gasteiger partial charge in [-0.1, -0.05) is 155 Å². The van der Waals surface area contributed by atoms with Gasteiger partial charge in [0.25, 0.3) is 0 Å². The minimum absolute atomic E-state index is 0.152. The van der Waals surface area contributed by atoms with E-state index in [1.54, 1.807) is 0 Å². The van der Waals surface area contributed by atoms with Crippen LogP contribution in [0.1, 0.15) is 181 Å². The Bertz CT molecular complexity index is 844. The summed E-state index contributed by atoms with van der Waals surface area (Å²) in [6.45, 7) is 2.51. The zero-order valence-corrected chi connectivity index (χ0v) is 31.2. The van der Waals surface area contributed by atoms with Gasteiger partial charge in [0, 0.05) is 12.8 Å². The van der Waals surface area contributed by atoms with Gasteiger partial charge < -0.3 is 25.2 Å². The summed E-state index contributed by atoms with van der Waals surface area (Å²) in [5, 5.41) is 21.6. The molecule has 0 aliphatic heterocycles. The predicted molar refractivity (Wildman–Crippen MR) is 190 cm³/mol. The van der Waals surface area contributed by atoms with Crippen LogP contribution in [-0.4, -0.2) is 64.9 Å². The van der Waals surface area contributed by atoms with Gasteiger partial charge in [0.2, 0.25) is 5.91 Å². The van der Waals surface area contributed by atoms with Gasteiger partial charge in [0.15, 0.2) is 6.04 Å². The van der Waals surface area contributed by atoms with Crippen LogP contribution in [0, 0.1) is 0 Å². The van der Waals surface area contributed by atoms with Crippen LogP contribution in [0.5, 0.6) is 0 Å². The third-order valence-corrected chi connectivity index (χ3v) is 9.35. The summed E-state index contributed by atoms with van der Waals surface area (Å²) < 4.78 is 26.6. The lowest BCUT2D eigenvalue weighted by molar-refractivity contribution is -0.147. The first-order valence-electron chi connectivity index (χ1n) is 19.1. The lowest BCUT2D eigenvalue weighted by atomic mass is 10.0. The molecule has 4 N–H and O–H groups in total. The molecule has 12 heteroatoms. The molecule has 0 radical (unpaired) electrons. The van der Waals surface area contributed by atoms with E-state index in [9.17, 15) is 34.1 Å². The van der Waals surface area contributed by atoms with Gasteiger partial charge in [-0.2, -0.15) is 0 Å². The molecule has 0 aromatic carbocycles. The number of hydrogen-bond donors (Lipinski definition) is 4. The lowest BCUT2D eigenvalue weighted by Crippen LogP contribution is -2.43. The van der Waals surface area contributed by atoms with E-state index in [4.69, 9.17) is 13.8 Å². The minimum Gasteiger partial charge on any atom is -0.480 e. The number of rotatable bonds is 36. The number of amides is 1. The Morgan fingerprint density at radius 1 is 0.583 bits per heavy atom. The summed E-state index contributed by atoms with van der Waals surface area (Å²) in [5.41, 5.74) is 0. The van der Waals surface area contributed by atoms with E-state index in [-0.39, 0.29) is 12.8 Å². The van der Waals surface area contributed by atoms with Gasteiger partial charge >= 0.3 is 19.8 Å². The van der Waals surface area contributed by atoms with Crippen molar-refractivity contribution in [2.24, 2.45) is 0 Å². The fourth-order valence-corrected chi connectivity index (χ4v) is 6.15. The quantitative estimate of drug-likeness (QED) is 0.0281. The Morgan fingerprint density at radius 2 is 0.958 bits per heavy atom. The highest BCUT2D eigenvalue weighted by Crippen LogP contribution is 2.43. The number of unbranched alkanes of at least 4 members (excludes halogenated alkanes) is 22. The third-order valence-electron chi connectivity index (χ3n) is 8.40. The van der Waals surface area contributed by atoms with Crippen molar-refractivity contribution in [3.8, 4) is 0 Å². The Morgan fingerprint density at radius 3 is 1.38 bits per heavy atom. The minimum atomic E-state index is -4.73. The first-order chi connectivity index (χ1) is 23.1. The van der Waals surface area contributed by atoms with Crippen molar-refractivity contribution in [1.82, 2.24) is 5.32 Å². The van der Waals surface area contributed by atoms with E-state index in [0.717, 1.165) is 44.9 Å². The van der Waals surface area contributed by atoms with Crippen LogP contribution in [-0.2, 0) is 32.7 Å². The highest BCUT2D eigenvalue weighted by molar-refractivity contribution is 7.47. The normalized spacial score (nSPS) is 13.9. The number of hydrogen-bond acceptors (Lipinski definition) is 8. The van der Waals surface area contributed by atoms with E-state index in [2.05, 4.69) is 19.2 Å².